The highest BCUT2D eigenvalue weighted by atomic mass is 16.2. The topological polar surface area (TPSA) is 61.6 Å². The minimum absolute atomic E-state index is 0.0814. The van der Waals surface area contributed by atoms with Gasteiger partial charge < -0.3 is 9.80 Å². The van der Waals surface area contributed by atoms with Gasteiger partial charge in [0.05, 0.1) is 0 Å². The Morgan fingerprint density at radius 1 is 1.24 bits per heavy atom. The Balaban J connectivity index is 3.88. The van der Waals surface area contributed by atoms with Crippen molar-refractivity contribution in [1.82, 2.24) is 15.2 Å². The maximum atomic E-state index is 11.0. The lowest BCUT2D eigenvalue weighted by Crippen LogP contribution is -2.36. The average molecular weight is 244 g/mol. The van der Waals surface area contributed by atoms with E-state index in [0.717, 1.165) is 32.6 Å². The molecule has 0 unspecified atom stereocenters. The second-order valence-corrected chi connectivity index (χ2v) is 5.17. The molecule has 0 atom stereocenters. The fourth-order valence-corrected chi connectivity index (χ4v) is 1.69. The van der Waals surface area contributed by atoms with Crippen molar-refractivity contribution in [2.45, 2.75) is 26.7 Å². The zero-order chi connectivity index (χ0) is 13.3. The maximum absolute atomic E-state index is 11.0. The van der Waals surface area contributed by atoms with Crippen molar-refractivity contribution in [3.63, 3.8) is 0 Å². The Morgan fingerprint density at radius 2 is 1.88 bits per heavy atom. The average Bonchev–Trinajstić information content (AvgIpc) is 2.24. The first-order valence-corrected chi connectivity index (χ1v) is 6.32. The second kappa shape index (κ2) is 9.39. The van der Waals surface area contributed by atoms with Crippen LogP contribution in [0.3, 0.4) is 0 Å². The Hall–Kier alpha value is -0.650. The molecule has 0 bridgehead atoms. The van der Waals surface area contributed by atoms with E-state index in [1.807, 2.05) is 0 Å². The normalized spacial score (nSPS) is 11.5. The van der Waals surface area contributed by atoms with Gasteiger partial charge in [-0.3, -0.25) is 10.2 Å². The summed E-state index contributed by atoms with van der Waals surface area (Å²) in [6.07, 6.45) is 1.37. The highest BCUT2D eigenvalue weighted by Crippen LogP contribution is 2.01. The van der Waals surface area contributed by atoms with Crippen LogP contribution in [0.15, 0.2) is 0 Å². The van der Waals surface area contributed by atoms with E-state index in [1.54, 1.807) is 0 Å². The third-order valence-corrected chi connectivity index (χ3v) is 2.53. The van der Waals surface area contributed by atoms with Crippen LogP contribution in [0, 0.1) is 5.92 Å². The number of likely N-dealkylation sites (N-methyl/N-ethyl adjacent to an activating group) is 1. The van der Waals surface area contributed by atoms with Crippen LogP contribution in [0.1, 0.15) is 26.7 Å². The Morgan fingerprint density at radius 3 is 2.35 bits per heavy atom. The Labute approximate surface area is 105 Å². The molecule has 3 N–H and O–H groups in total. The molecule has 0 saturated carbocycles. The van der Waals surface area contributed by atoms with Gasteiger partial charge >= 0.3 is 0 Å². The largest absolute Gasteiger partial charge is 0.308 e. The van der Waals surface area contributed by atoms with E-state index in [4.69, 9.17) is 5.84 Å². The Bertz CT molecular complexity index is 207. The van der Waals surface area contributed by atoms with Crippen molar-refractivity contribution in [1.29, 1.82) is 0 Å². The van der Waals surface area contributed by atoms with E-state index in [-0.39, 0.29) is 5.91 Å². The standard InChI is InChI=1S/C12H28N4O/c1-11(2)10-16(9-8-15(3)4)7-5-6-12(17)14-13/h11H,5-10,13H2,1-4H3,(H,14,17). The molecule has 0 aromatic carbocycles. The smallest absolute Gasteiger partial charge is 0.233 e. The molecule has 0 saturated heterocycles. The fourth-order valence-electron chi connectivity index (χ4n) is 1.69. The summed E-state index contributed by atoms with van der Waals surface area (Å²) >= 11 is 0. The van der Waals surface area contributed by atoms with Gasteiger partial charge in [-0.25, -0.2) is 5.84 Å². The zero-order valence-corrected chi connectivity index (χ0v) is 11.7. The van der Waals surface area contributed by atoms with Crippen LogP contribution in [0.2, 0.25) is 0 Å². The van der Waals surface area contributed by atoms with E-state index < -0.39 is 0 Å². The molecule has 0 aliphatic carbocycles. The summed E-state index contributed by atoms with van der Waals surface area (Å²) in [6, 6.07) is 0. The summed E-state index contributed by atoms with van der Waals surface area (Å²) in [7, 11) is 4.16. The van der Waals surface area contributed by atoms with Gasteiger partial charge in [0, 0.05) is 26.1 Å². The highest BCUT2D eigenvalue weighted by molar-refractivity contribution is 5.75. The predicted octanol–water partition coefficient (Wildman–Crippen LogP) is 0.276. The Kier molecular flexibility index (Phi) is 9.03. The van der Waals surface area contributed by atoms with E-state index in [9.17, 15) is 4.79 Å². The molecule has 5 nitrogen and oxygen atoms in total. The molecule has 0 aliphatic heterocycles. The van der Waals surface area contributed by atoms with Crippen LogP contribution in [0.25, 0.3) is 0 Å². The number of carbonyl (C=O) groups excluding carboxylic acids is 1. The minimum atomic E-state index is -0.0814. The fraction of sp³-hybridized carbons (Fsp3) is 0.917. The molecule has 0 aromatic rings. The molecule has 0 spiro atoms. The molecule has 0 aromatic heterocycles. The van der Waals surface area contributed by atoms with Crippen molar-refractivity contribution in [3.8, 4) is 0 Å². The summed E-state index contributed by atoms with van der Waals surface area (Å²) in [5.41, 5.74) is 2.16. The summed E-state index contributed by atoms with van der Waals surface area (Å²) in [4.78, 5) is 15.6. The molecule has 0 rings (SSSR count). The van der Waals surface area contributed by atoms with Crippen molar-refractivity contribution in [3.05, 3.63) is 0 Å². The minimum Gasteiger partial charge on any atom is -0.308 e. The van der Waals surface area contributed by atoms with Crippen molar-refractivity contribution in [2.24, 2.45) is 11.8 Å². The summed E-state index contributed by atoms with van der Waals surface area (Å²) < 4.78 is 0. The van der Waals surface area contributed by atoms with Gasteiger partial charge in [0.1, 0.15) is 0 Å². The number of hydrazine groups is 1. The first-order chi connectivity index (χ1) is 7.95. The van der Waals surface area contributed by atoms with Gasteiger partial charge in [0.15, 0.2) is 0 Å². The molecular formula is C12H28N4O. The zero-order valence-electron chi connectivity index (χ0n) is 11.7. The number of nitrogens with two attached hydrogens (primary N) is 1. The van der Waals surface area contributed by atoms with Gasteiger partial charge in [-0.1, -0.05) is 13.8 Å². The summed E-state index contributed by atoms with van der Waals surface area (Å²) in [5.74, 6) is 5.62. The molecule has 0 heterocycles. The highest BCUT2D eigenvalue weighted by Gasteiger charge is 2.08. The first kappa shape index (κ1) is 16.4. The van der Waals surface area contributed by atoms with Crippen LogP contribution in [-0.2, 0) is 4.79 Å². The lowest BCUT2D eigenvalue weighted by atomic mass is 10.2. The van der Waals surface area contributed by atoms with E-state index in [1.165, 1.54) is 0 Å². The van der Waals surface area contributed by atoms with Crippen molar-refractivity contribution < 1.29 is 4.79 Å². The molecule has 5 heteroatoms. The molecule has 0 aliphatic rings. The lowest BCUT2D eigenvalue weighted by Gasteiger charge is -2.25. The number of nitrogens with one attached hydrogen (secondary N) is 1. The second-order valence-electron chi connectivity index (χ2n) is 5.17. The molecular weight excluding hydrogens is 216 g/mol. The SMILES string of the molecule is CC(C)CN(CCCC(=O)NN)CCN(C)C. The quantitative estimate of drug-likeness (QED) is 0.347. The molecule has 102 valence electrons. The number of hydrogen-bond acceptors (Lipinski definition) is 4. The van der Waals surface area contributed by atoms with Crippen LogP contribution in [0.4, 0.5) is 0 Å². The maximum Gasteiger partial charge on any atom is 0.233 e. The molecule has 17 heavy (non-hydrogen) atoms. The number of hydrogen-bond donors (Lipinski definition) is 2. The lowest BCUT2D eigenvalue weighted by molar-refractivity contribution is -0.121. The number of nitrogens with zero attached hydrogens (tertiary/aromatic N) is 2. The van der Waals surface area contributed by atoms with Gasteiger partial charge in [-0.2, -0.15) is 0 Å². The van der Waals surface area contributed by atoms with E-state index in [0.29, 0.717) is 12.3 Å². The van der Waals surface area contributed by atoms with Gasteiger partial charge in [-0.15, -0.1) is 0 Å². The van der Waals surface area contributed by atoms with Crippen LogP contribution >= 0.6 is 0 Å². The number of carbonyl (C=O) groups is 1. The molecule has 0 radical (unpaired) electrons. The number of rotatable bonds is 9. The first-order valence-electron chi connectivity index (χ1n) is 6.32. The predicted molar refractivity (Wildman–Crippen MR) is 71.4 cm³/mol. The monoisotopic (exact) mass is 244 g/mol. The van der Waals surface area contributed by atoms with E-state index in [2.05, 4.69) is 43.2 Å². The third-order valence-electron chi connectivity index (χ3n) is 2.53. The third kappa shape index (κ3) is 10.2. The van der Waals surface area contributed by atoms with Crippen LogP contribution in [0.5, 0.6) is 0 Å². The molecule has 0 fully saturated rings. The molecule has 1 amide bonds. The summed E-state index contributed by atoms with van der Waals surface area (Å²) in [6.45, 7) is 8.58. The van der Waals surface area contributed by atoms with Crippen molar-refractivity contribution >= 4 is 5.91 Å². The number of amides is 1. The van der Waals surface area contributed by atoms with Crippen molar-refractivity contribution in [2.75, 3.05) is 40.3 Å². The van der Waals surface area contributed by atoms with Gasteiger partial charge in [0.2, 0.25) is 5.91 Å². The van der Waals surface area contributed by atoms with Crippen LogP contribution in [-0.4, -0.2) is 56.0 Å². The van der Waals surface area contributed by atoms with Gasteiger partial charge in [0.25, 0.3) is 0 Å². The summed E-state index contributed by atoms with van der Waals surface area (Å²) in [5, 5.41) is 0. The van der Waals surface area contributed by atoms with Gasteiger partial charge in [-0.05, 0) is 33.0 Å². The van der Waals surface area contributed by atoms with E-state index >= 15 is 0 Å². The van der Waals surface area contributed by atoms with Crippen LogP contribution < -0.4 is 11.3 Å².